The van der Waals surface area contributed by atoms with Crippen LogP contribution in [-0.2, 0) is 29.3 Å². The van der Waals surface area contributed by atoms with Gasteiger partial charge in [0.05, 0.1) is 0 Å². The molecule has 0 atom stereocenters. The maximum Gasteiger partial charge on any atom is 2.00 e. The number of unbranched alkanes of at least 4 members (excludes halogenated alkanes) is 21. The summed E-state index contributed by atoms with van der Waals surface area (Å²) in [6.07, 6.45) is 38.1. The molecule has 2 nitrogen and oxygen atoms in total. The van der Waals surface area contributed by atoms with Crippen molar-refractivity contribution < 1.29 is 21.2 Å². The summed E-state index contributed by atoms with van der Waals surface area (Å²) < 4.78 is 1.56. The Labute approximate surface area is 365 Å². The molecule has 1 aliphatic heterocycles. The van der Waals surface area contributed by atoms with Crippen LogP contribution in [0.4, 0.5) is 0 Å². The zero-order valence-electron chi connectivity index (χ0n) is 38.0. The molecule has 0 aliphatic carbocycles. The van der Waals surface area contributed by atoms with E-state index in [0.717, 1.165) is 87.6 Å². The van der Waals surface area contributed by atoms with Crippen molar-refractivity contribution >= 4 is 11.4 Å². The van der Waals surface area contributed by atoms with Crippen LogP contribution in [0.25, 0.3) is 16.9 Å². The van der Waals surface area contributed by atoms with Crippen molar-refractivity contribution in [1.29, 1.82) is 0 Å². The fourth-order valence-electron chi connectivity index (χ4n) is 8.13. The van der Waals surface area contributed by atoms with Crippen LogP contribution in [0.15, 0.2) is 59.7 Å². The molecule has 0 aromatic heterocycles. The molecular formula is C54H86N2Ni. The second-order valence-corrected chi connectivity index (χ2v) is 16.2. The Morgan fingerprint density at radius 1 is 0.439 bits per heavy atom. The van der Waals surface area contributed by atoms with Crippen LogP contribution in [0, 0.1) is 26.7 Å². The largest absolute Gasteiger partial charge is 2.00 e. The van der Waals surface area contributed by atoms with Gasteiger partial charge in [0.15, 0.2) is 0 Å². The van der Waals surface area contributed by atoms with Crippen molar-refractivity contribution in [2.24, 2.45) is 0 Å². The van der Waals surface area contributed by atoms with Crippen molar-refractivity contribution in [2.45, 2.75) is 220 Å². The summed E-state index contributed by atoms with van der Waals surface area (Å²) >= 11 is 0. The summed E-state index contributed by atoms with van der Waals surface area (Å²) in [5, 5.41) is 0. The maximum atomic E-state index is 12.1. The van der Waals surface area contributed by atoms with Crippen molar-refractivity contribution in [3.8, 4) is 11.8 Å². The molecule has 0 saturated heterocycles. The Balaban J connectivity index is 0.0000105. The van der Waals surface area contributed by atoms with Crippen LogP contribution in [0.5, 0.6) is 0 Å². The Kier molecular flexibility index (Phi) is 34.0. The molecule has 57 heavy (non-hydrogen) atoms. The zero-order chi connectivity index (χ0) is 38.5. The first-order valence-corrected chi connectivity index (χ1v) is 23.2. The van der Waals surface area contributed by atoms with E-state index < -0.39 is 0 Å². The average molecular weight is 822 g/mol. The molecule has 0 bridgehead atoms. The molecule has 3 rings (SSSR count). The smallest absolute Gasteiger partial charge is 0.493 e. The molecular weight excluding hydrogens is 735 g/mol. The van der Waals surface area contributed by atoms with E-state index in [1.54, 1.807) is 4.70 Å². The number of allylic oxidation sites excluding steroid dienone is 2. The van der Waals surface area contributed by atoms with Gasteiger partial charge in [0.25, 0.3) is 0 Å². The van der Waals surface area contributed by atoms with Crippen LogP contribution < -0.4 is 0 Å². The van der Waals surface area contributed by atoms with Crippen molar-refractivity contribution in [1.82, 2.24) is 0 Å². The molecule has 0 spiro atoms. The minimum atomic E-state index is 0. The van der Waals surface area contributed by atoms with Crippen molar-refractivity contribution in [3.63, 3.8) is 0 Å². The van der Waals surface area contributed by atoms with E-state index in [-0.39, 0.29) is 31.3 Å². The van der Waals surface area contributed by atoms with E-state index >= 15 is 0 Å². The van der Waals surface area contributed by atoms with Crippen LogP contribution in [0.2, 0.25) is 0 Å². The summed E-state index contributed by atoms with van der Waals surface area (Å²) in [7, 11) is 0. The van der Waals surface area contributed by atoms with Gasteiger partial charge in [0.2, 0.25) is 11.4 Å². The van der Waals surface area contributed by atoms with Gasteiger partial charge in [0.1, 0.15) is 0 Å². The quantitative estimate of drug-likeness (QED) is 0.0238. The second kappa shape index (κ2) is 35.5. The number of aryl methyl sites for hydroxylation is 2. The average Bonchev–Trinajstić information content (AvgIpc) is 3.47. The van der Waals surface area contributed by atoms with E-state index in [1.165, 1.54) is 150 Å². The van der Waals surface area contributed by atoms with Crippen LogP contribution in [0.3, 0.4) is 0 Å². The van der Waals surface area contributed by atoms with Gasteiger partial charge in [-0.1, -0.05) is 180 Å². The molecule has 0 N–H and O–H groups in total. The first-order chi connectivity index (χ1) is 26.7. The first kappa shape index (κ1) is 54.6. The van der Waals surface area contributed by atoms with Gasteiger partial charge in [-0.3, -0.25) is 0 Å². The third-order valence-electron chi connectivity index (χ3n) is 11.5. The summed E-state index contributed by atoms with van der Waals surface area (Å²) in [4.78, 5) is 0. The van der Waals surface area contributed by atoms with Gasteiger partial charge in [0, 0.05) is 35.1 Å². The number of hydrogen-bond acceptors (Lipinski definition) is 0. The Morgan fingerprint density at radius 2 is 0.860 bits per heavy atom. The second-order valence-electron chi connectivity index (χ2n) is 16.2. The van der Waals surface area contributed by atoms with E-state index in [1.807, 2.05) is 0 Å². The van der Waals surface area contributed by atoms with Gasteiger partial charge in [-0.25, -0.2) is 4.70 Å². The number of nitrogens with zero attached hydrogens (tertiary/aromatic N) is 2. The predicted molar refractivity (Wildman–Crippen MR) is 250 cm³/mol. The third-order valence-corrected chi connectivity index (χ3v) is 11.5. The maximum absolute atomic E-state index is 12.1. The Hall–Kier alpha value is -2.43. The minimum Gasteiger partial charge on any atom is -0.493 e. The predicted octanol–water partition coefficient (Wildman–Crippen LogP) is 17.8. The van der Waals surface area contributed by atoms with Gasteiger partial charge in [-0.05, 0) is 87.1 Å². The fourth-order valence-corrected chi connectivity index (χ4v) is 8.13. The van der Waals surface area contributed by atoms with Gasteiger partial charge in [-0.15, -0.1) is 11.8 Å². The summed E-state index contributed by atoms with van der Waals surface area (Å²) in [5.74, 6) is 6.97. The minimum absolute atomic E-state index is 0. The SMILES string of the molecule is CCCCCCCCCCCCCCCCCCCC#CCCCc1ccccc1C1=C(CCCC)C(CCCC)=C(c2ccc(CCCC)cc2)[N+]1=[N-].[CH3-].[CH3-].[Ni+2]. The summed E-state index contributed by atoms with van der Waals surface area (Å²) in [5.41, 5.74) is 21.8. The van der Waals surface area contributed by atoms with Crippen molar-refractivity contribution in [2.75, 3.05) is 0 Å². The van der Waals surface area contributed by atoms with Crippen LogP contribution >= 0.6 is 0 Å². The van der Waals surface area contributed by atoms with Gasteiger partial charge < -0.3 is 20.4 Å². The molecule has 1 aliphatic rings. The molecule has 0 fully saturated rings. The molecule has 0 unspecified atom stereocenters. The van der Waals surface area contributed by atoms with E-state index in [4.69, 9.17) is 0 Å². The molecule has 2 aromatic rings. The summed E-state index contributed by atoms with van der Waals surface area (Å²) in [6, 6.07) is 17.8. The van der Waals surface area contributed by atoms with Gasteiger partial charge in [-0.2, -0.15) is 0 Å². The number of hydrogen-bond donors (Lipinski definition) is 0. The third kappa shape index (κ3) is 20.9. The molecule has 0 radical (unpaired) electrons. The molecule has 0 amide bonds. The zero-order valence-corrected chi connectivity index (χ0v) is 39.0. The van der Waals surface area contributed by atoms with E-state index in [0.29, 0.717) is 0 Å². The fraction of sp³-hybridized carbons (Fsp3) is 0.630. The standard InChI is InChI=1S/C52H80N2.2CH3.Ni/c1-5-9-13-14-15-16-17-18-19-20-21-22-23-24-25-26-27-28-29-30-31-32-36-46-37-33-34-40-48(46)52-50(39-12-8-4)49(38-11-7-3)51(54(52)53)47-43-41-45(42-44-47)35-10-6-2;;;/h33-34,37,40-44H,5-28,31-32,35-36,38-39H2,1-4H3;2*1H3;/q;2*-1;+2. The van der Waals surface area contributed by atoms with E-state index in [2.05, 4.69) is 88.1 Å². The molecule has 322 valence electrons. The number of benzene rings is 2. The molecule has 3 heteroatoms. The first-order valence-electron chi connectivity index (χ1n) is 23.2. The topological polar surface area (TPSA) is 25.3 Å². The molecule has 0 saturated carbocycles. The van der Waals surface area contributed by atoms with Crippen LogP contribution in [0.1, 0.15) is 230 Å². The normalized spacial score (nSPS) is 12.2. The summed E-state index contributed by atoms with van der Waals surface area (Å²) in [6.45, 7) is 9.09. The Morgan fingerprint density at radius 3 is 1.37 bits per heavy atom. The van der Waals surface area contributed by atoms with Crippen LogP contribution in [-0.4, -0.2) is 4.70 Å². The van der Waals surface area contributed by atoms with Crippen molar-refractivity contribution in [3.05, 3.63) is 102 Å². The van der Waals surface area contributed by atoms with Gasteiger partial charge >= 0.3 is 16.5 Å². The number of rotatable bonds is 31. The molecule has 2 aromatic carbocycles. The monoisotopic (exact) mass is 821 g/mol. The Bertz CT molecular complexity index is 1440. The molecule has 1 heterocycles. The van der Waals surface area contributed by atoms with E-state index in [9.17, 15) is 5.53 Å².